The fourth-order valence-corrected chi connectivity index (χ4v) is 3.92. The van der Waals surface area contributed by atoms with Gasteiger partial charge < -0.3 is 15.1 Å². The van der Waals surface area contributed by atoms with Crippen molar-refractivity contribution in [3.63, 3.8) is 0 Å². The van der Waals surface area contributed by atoms with Crippen molar-refractivity contribution < 1.29 is 4.42 Å². The fraction of sp³-hybridized carbons (Fsp3) is 0.421. The summed E-state index contributed by atoms with van der Waals surface area (Å²) in [5.74, 6) is 0.974. The van der Waals surface area contributed by atoms with E-state index in [4.69, 9.17) is 28.2 Å². The molecule has 2 aromatic rings. The van der Waals surface area contributed by atoms with E-state index in [1.54, 1.807) is 6.26 Å². The number of aryl methyl sites for hydroxylation is 2. The van der Waals surface area contributed by atoms with Crippen LogP contribution in [0.1, 0.15) is 35.8 Å². The lowest BCUT2D eigenvalue weighted by atomic mass is 10.1. The van der Waals surface area contributed by atoms with Crippen molar-refractivity contribution in [2.24, 2.45) is 0 Å². The number of nitrogens with one attached hydrogen (secondary N) is 2. The molecular weight excluding hydrogens is 354 g/mol. The Balaban J connectivity index is 1.64. The molecule has 1 fully saturated rings. The van der Waals surface area contributed by atoms with Crippen LogP contribution in [-0.2, 0) is 0 Å². The molecule has 3 rings (SSSR count). The van der Waals surface area contributed by atoms with Gasteiger partial charge in [-0.3, -0.25) is 4.90 Å². The van der Waals surface area contributed by atoms with Crippen LogP contribution >= 0.6 is 23.8 Å². The number of hydrogen-bond acceptors (Lipinski definition) is 3. The summed E-state index contributed by atoms with van der Waals surface area (Å²) in [7, 11) is 0. The summed E-state index contributed by atoms with van der Waals surface area (Å²) < 4.78 is 5.64. The summed E-state index contributed by atoms with van der Waals surface area (Å²) in [6, 6.07) is 8.18. The maximum atomic E-state index is 6.35. The van der Waals surface area contributed by atoms with Crippen molar-refractivity contribution in [1.82, 2.24) is 10.2 Å². The van der Waals surface area contributed by atoms with Gasteiger partial charge in [0, 0.05) is 6.54 Å². The number of furan rings is 1. The summed E-state index contributed by atoms with van der Waals surface area (Å²) >= 11 is 11.8. The Labute approximate surface area is 159 Å². The van der Waals surface area contributed by atoms with Gasteiger partial charge in [-0.2, -0.15) is 0 Å². The normalized spacial score (nSPS) is 16.0. The van der Waals surface area contributed by atoms with Gasteiger partial charge >= 0.3 is 0 Å². The Hall–Kier alpha value is -1.56. The maximum Gasteiger partial charge on any atom is 0.170 e. The fourth-order valence-electron chi connectivity index (χ4n) is 3.36. The van der Waals surface area contributed by atoms with Crippen LogP contribution < -0.4 is 10.6 Å². The third kappa shape index (κ3) is 4.54. The highest BCUT2D eigenvalue weighted by molar-refractivity contribution is 7.80. The molecule has 0 aliphatic carbocycles. The molecule has 134 valence electrons. The van der Waals surface area contributed by atoms with E-state index in [-0.39, 0.29) is 6.04 Å². The van der Waals surface area contributed by atoms with Crippen molar-refractivity contribution in [2.75, 3.05) is 25.0 Å². The van der Waals surface area contributed by atoms with Crippen LogP contribution in [0.5, 0.6) is 0 Å². The molecule has 2 N–H and O–H groups in total. The molecule has 1 aromatic carbocycles. The van der Waals surface area contributed by atoms with Gasteiger partial charge in [-0.1, -0.05) is 17.7 Å². The summed E-state index contributed by atoms with van der Waals surface area (Å²) in [4.78, 5) is 2.44. The minimum absolute atomic E-state index is 0.187. The lowest BCUT2D eigenvalue weighted by Crippen LogP contribution is -2.38. The standard InChI is InChI=1S/C19H24ClN3OS/c1-13-10-14(2)18(15(20)11-13)22-19(25)21-12-16(17-6-5-9-24-17)23-7-3-4-8-23/h5-6,9-11,16H,3-4,7-8,12H2,1-2H3,(H2,21,22,25). The molecule has 0 radical (unpaired) electrons. The van der Waals surface area contributed by atoms with Crippen LogP contribution in [0.25, 0.3) is 0 Å². The first-order valence-corrected chi connectivity index (χ1v) is 9.42. The quantitative estimate of drug-likeness (QED) is 0.741. The highest BCUT2D eigenvalue weighted by atomic mass is 35.5. The molecule has 25 heavy (non-hydrogen) atoms. The van der Waals surface area contributed by atoms with Crippen LogP contribution in [0.4, 0.5) is 5.69 Å². The minimum Gasteiger partial charge on any atom is -0.468 e. The Bertz CT molecular complexity index is 703. The van der Waals surface area contributed by atoms with Crippen LogP contribution in [0.15, 0.2) is 34.9 Å². The van der Waals surface area contributed by atoms with Crippen molar-refractivity contribution >= 4 is 34.6 Å². The zero-order valence-electron chi connectivity index (χ0n) is 14.6. The van der Waals surface area contributed by atoms with Gasteiger partial charge in [0.2, 0.25) is 0 Å². The molecule has 1 aliphatic heterocycles. The molecule has 0 saturated carbocycles. The zero-order chi connectivity index (χ0) is 17.8. The first-order valence-electron chi connectivity index (χ1n) is 8.63. The molecule has 1 atom stereocenters. The number of halogens is 1. The molecule has 0 spiro atoms. The Kier molecular flexibility index (Phi) is 5.99. The number of hydrogen-bond donors (Lipinski definition) is 2. The summed E-state index contributed by atoms with van der Waals surface area (Å²) in [5.41, 5.74) is 3.08. The minimum atomic E-state index is 0.187. The maximum absolute atomic E-state index is 6.35. The molecule has 0 bridgehead atoms. The average Bonchev–Trinajstić information content (AvgIpc) is 3.25. The second kappa shape index (κ2) is 8.21. The molecule has 1 saturated heterocycles. The van der Waals surface area contributed by atoms with E-state index in [2.05, 4.69) is 21.6 Å². The van der Waals surface area contributed by atoms with Gasteiger partial charge in [0.05, 0.1) is 23.0 Å². The number of anilines is 1. The number of benzene rings is 1. The number of nitrogens with zero attached hydrogens (tertiary/aromatic N) is 1. The van der Waals surface area contributed by atoms with Gasteiger partial charge in [-0.15, -0.1) is 0 Å². The third-order valence-electron chi connectivity index (χ3n) is 4.58. The zero-order valence-corrected chi connectivity index (χ0v) is 16.2. The van der Waals surface area contributed by atoms with Gasteiger partial charge in [0.25, 0.3) is 0 Å². The van der Waals surface area contributed by atoms with Crippen molar-refractivity contribution in [3.05, 3.63) is 52.4 Å². The van der Waals surface area contributed by atoms with Gasteiger partial charge in [-0.05, 0) is 81.3 Å². The van der Waals surface area contributed by atoms with Crippen LogP contribution in [-0.4, -0.2) is 29.6 Å². The lowest BCUT2D eigenvalue weighted by molar-refractivity contribution is 0.216. The predicted molar refractivity (Wildman–Crippen MR) is 107 cm³/mol. The second-order valence-corrected chi connectivity index (χ2v) is 7.36. The smallest absolute Gasteiger partial charge is 0.170 e. The highest BCUT2D eigenvalue weighted by Gasteiger charge is 2.25. The van der Waals surface area contributed by atoms with Crippen LogP contribution in [0.3, 0.4) is 0 Å². The SMILES string of the molecule is Cc1cc(C)c(NC(=S)NCC(c2ccco2)N2CCCC2)c(Cl)c1. The lowest BCUT2D eigenvalue weighted by Gasteiger charge is -2.26. The van der Waals surface area contributed by atoms with Crippen molar-refractivity contribution in [3.8, 4) is 0 Å². The second-order valence-electron chi connectivity index (χ2n) is 6.55. The molecule has 4 nitrogen and oxygen atoms in total. The Morgan fingerprint density at radius 2 is 2.08 bits per heavy atom. The van der Waals surface area contributed by atoms with Gasteiger partial charge in [0.15, 0.2) is 5.11 Å². The number of likely N-dealkylation sites (tertiary alicyclic amines) is 1. The van der Waals surface area contributed by atoms with E-state index >= 15 is 0 Å². The predicted octanol–water partition coefficient (Wildman–Crippen LogP) is 4.67. The van der Waals surface area contributed by atoms with E-state index in [0.29, 0.717) is 16.7 Å². The summed E-state index contributed by atoms with van der Waals surface area (Å²) in [6.45, 7) is 6.94. The molecule has 2 heterocycles. The van der Waals surface area contributed by atoms with Gasteiger partial charge in [-0.25, -0.2) is 0 Å². The average molecular weight is 378 g/mol. The van der Waals surface area contributed by atoms with E-state index in [1.807, 2.05) is 32.0 Å². The summed E-state index contributed by atoms with van der Waals surface area (Å²) in [5, 5.41) is 7.82. The number of thiocarbonyl (C=S) groups is 1. The molecule has 1 aromatic heterocycles. The third-order valence-corrected chi connectivity index (χ3v) is 5.12. The summed E-state index contributed by atoms with van der Waals surface area (Å²) in [6.07, 6.45) is 4.19. The largest absolute Gasteiger partial charge is 0.468 e. The van der Waals surface area contributed by atoms with E-state index in [9.17, 15) is 0 Å². The van der Waals surface area contributed by atoms with Crippen LogP contribution in [0, 0.1) is 13.8 Å². The molecule has 1 unspecified atom stereocenters. The van der Waals surface area contributed by atoms with E-state index in [1.165, 1.54) is 12.8 Å². The molecule has 0 amide bonds. The molecule has 6 heteroatoms. The topological polar surface area (TPSA) is 40.4 Å². The first-order chi connectivity index (χ1) is 12.0. The van der Waals surface area contributed by atoms with Crippen LogP contribution in [0.2, 0.25) is 5.02 Å². The Morgan fingerprint density at radius 3 is 2.72 bits per heavy atom. The Morgan fingerprint density at radius 1 is 1.32 bits per heavy atom. The molecule has 1 aliphatic rings. The van der Waals surface area contributed by atoms with Gasteiger partial charge in [0.1, 0.15) is 5.76 Å². The van der Waals surface area contributed by atoms with Crippen molar-refractivity contribution in [2.45, 2.75) is 32.7 Å². The van der Waals surface area contributed by atoms with Crippen molar-refractivity contribution in [1.29, 1.82) is 0 Å². The van der Waals surface area contributed by atoms with E-state index in [0.717, 1.165) is 35.7 Å². The van der Waals surface area contributed by atoms with E-state index < -0.39 is 0 Å². The first kappa shape index (κ1) is 18.2. The highest BCUT2D eigenvalue weighted by Crippen LogP contribution is 2.28. The monoisotopic (exact) mass is 377 g/mol. The molecular formula is C19H24ClN3OS. The number of rotatable bonds is 5.